The van der Waals surface area contributed by atoms with Gasteiger partial charge in [-0.25, -0.2) is 0 Å². The number of hydrogen-bond acceptors (Lipinski definition) is 6. The molecule has 0 spiro atoms. The van der Waals surface area contributed by atoms with Gasteiger partial charge in [-0.3, -0.25) is 9.59 Å². The molecule has 0 radical (unpaired) electrons. The topological polar surface area (TPSA) is 104 Å². The van der Waals surface area contributed by atoms with Crippen LogP contribution in [0.2, 0.25) is 0 Å². The molecule has 22 heavy (non-hydrogen) atoms. The molecule has 0 amide bonds. The fraction of sp³-hybridized carbons (Fsp3) is 0.125. The maximum absolute atomic E-state index is 12.3. The summed E-state index contributed by atoms with van der Waals surface area (Å²) in [5, 5.41) is 28.3. The number of esters is 1. The lowest BCUT2D eigenvalue weighted by Gasteiger charge is -2.08. The Kier molecular flexibility index (Phi) is 3.21. The van der Waals surface area contributed by atoms with Crippen LogP contribution < -0.4 is 4.74 Å². The summed E-state index contributed by atoms with van der Waals surface area (Å²) in [6.07, 6.45) is -0.172. The maximum atomic E-state index is 12.3. The first kappa shape index (κ1) is 13.9. The zero-order chi connectivity index (χ0) is 15.9. The van der Waals surface area contributed by atoms with E-state index in [1.807, 2.05) is 0 Å². The number of fused-ring (bicyclic) bond motifs is 1. The van der Waals surface area contributed by atoms with Crippen LogP contribution in [0.1, 0.15) is 28.3 Å². The fourth-order valence-electron chi connectivity index (χ4n) is 2.45. The second kappa shape index (κ2) is 5.07. The van der Waals surface area contributed by atoms with E-state index >= 15 is 0 Å². The number of rotatable bonds is 3. The molecule has 0 aromatic heterocycles. The summed E-state index contributed by atoms with van der Waals surface area (Å²) in [6, 6.07) is 7.90. The second-order valence-electron chi connectivity index (χ2n) is 5.02. The van der Waals surface area contributed by atoms with Crippen LogP contribution >= 0.6 is 0 Å². The van der Waals surface area contributed by atoms with Crippen LogP contribution in [0.15, 0.2) is 36.4 Å². The van der Waals surface area contributed by atoms with Gasteiger partial charge in [0, 0.05) is 24.1 Å². The zero-order valence-electron chi connectivity index (χ0n) is 11.3. The monoisotopic (exact) mass is 300 g/mol. The van der Waals surface area contributed by atoms with Crippen LogP contribution in [0.5, 0.6) is 23.0 Å². The van der Waals surface area contributed by atoms with Gasteiger partial charge in [0.05, 0.1) is 11.5 Å². The van der Waals surface area contributed by atoms with Crippen molar-refractivity contribution in [2.45, 2.75) is 12.3 Å². The van der Waals surface area contributed by atoms with Gasteiger partial charge in [0.15, 0.2) is 5.78 Å². The third kappa shape index (κ3) is 2.35. The van der Waals surface area contributed by atoms with Crippen LogP contribution in [-0.4, -0.2) is 27.1 Å². The minimum absolute atomic E-state index is 0.0258. The van der Waals surface area contributed by atoms with Gasteiger partial charge in [-0.15, -0.1) is 0 Å². The zero-order valence-corrected chi connectivity index (χ0v) is 11.3. The summed E-state index contributed by atoms with van der Waals surface area (Å²) in [6.45, 7) is 0. The highest BCUT2D eigenvalue weighted by atomic mass is 16.5. The highest BCUT2D eigenvalue weighted by Gasteiger charge is 2.35. The minimum Gasteiger partial charge on any atom is -0.508 e. The molecule has 1 unspecified atom stereocenters. The predicted molar refractivity (Wildman–Crippen MR) is 75.2 cm³/mol. The van der Waals surface area contributed by atoms with Crippen LogP contribution in [0, 0.1) is 0 Å². The number of carbonyl (C=O) groups excluding carboxylic acids is 2. The van der Waals surface area contributed by atoms with E-state index in [2.05, 4.69) is 0 Å². The fourth-order valence-corrected chi connectivity index (χ4v) is 2.45. The molecule has 1 heterocycles. The number of ether oxygens (including phenoxy) is 1. The molecule has 2 aromatic rings. The molecule has 3 N–H and O–H groups in total. The molecule has 0 bridgehead atoms. The summed E-state index contributed by atoms with van der Waals surface area (Å²) in [7, 11) is 0. The molecule has 1 atom stereocenters. The van der Waals surface area contributed by atoms with E-state index in [1.165, 1.54) is 30.3 Å². The molecule has 3 rings (SSSR count). The molecular formula is C16H12O6. The Hall–Kier alpha value is -3.02. The van der Waals surface area contributed by atoms with Gasteiger partial charge in [0.25, 0.3) is 0 Å². The van der Waals surface area contributed by atoms with Gasteiger partial charge in [-0.2, -0.15) is 0 Å². The van der Waals surface area contributed by atoms with Crippen LogP contribution in [-0.2, 0) is 4.79 Å². The average molecular weight is 300 g/mol. The molecule has 1 aliphatic heterocycles. The first-order valence-electron chi connectivity index (χ1n) is 6.55. The molecule has 0 aliphatic carbocycles. The number of Topliss-reactive ketones (excluding diaryl/α,β-unsaturated/α-hetero) is 1. The van der Waals surface area contributed by atoms with Crippen molar-refractivity contribution in [3.05, 3.63) is 47.5 Å². The summed E-state index contributed by atoms with van der Waals surface area (Å²) in [4.78, 5) is 24.1. The van der Waals surface area contributed by atoms with E-state index in [-0.39, 0.29) is 35.0 Å². The molecule has 0 fully saturated rings. The first-order valence-corrected chi connectivity index (χ1v) is 6.55. The molecule has 0 saturated heterocycles. The van der Waals surface area contributed by atoms with E-state index in [0.717, 1.165) is 6.07 Å². The number of phenols is 3. The number of ketones is 1. The van der Waals surface area contributed by atoms with Crippen molar-refractivity contribution >= 4 is 11.8 Å². The van der Waals surface area contributed by atoms with E-state index in [1.54, 1.807) is 0 Å². The van der Waals surface area contributed by atoms with Crippen molar-refractivity contribution < 1.29 is 29.6 Å². The average Bonchev–Trinajstić information content (AvgIpc) is 2.74. The van der Waals surface area contributed by atoms with Crippen LogP contribution in [0.3, 0.4) is 0 Å². The van der Waals surface area contributed by atoms with Gasteiger partial charge in [0.1, 0.15) is 23.0 Å². The van der Waals surface area contributed by atoms with Crippen LogP contribution in [0.4, 0.5) is 0 Å². The summed E-state index contributed by atoms with van der Waals surface area (Å²) < 4.78 is 5.03. The highest BCUT2D eigenvalue weighted by Crippen LogP contribution is 2.39. The largest absolute Gasteiger partial charge is 0.508 e. The minimum atomic E-state index is -0.781. The lowest BCUT2D eigenvalue weighted by molar-refractivity contribution is -0.134. The Labute approximate surface area is 125 Å². The Balaban J connectivity index is 1.87. The first-order chi connectivity index (χ1) is 10.5. The van der Waals surface area contributed by atoms with E-state index in [0.29, 0.717) is 5.56 Å². The van der Waals surface area contributed by atoms with Gasteiger partial charge in [0.2, 0.25) is 0 Å². The maximum Gasteiger partial charge on any atom is 0.319 e. The van der Waals surface area contributed by atoms with E-state index in [4.69, 9.17) is 4.74 Å². The lowest BCUT2D eigenvalue weighted by atomic mass is 9.92. The second-order valence-corrected chi connectivity index (χ2v) is 5.02. The molecule has 1 aliphatic rings. The van der Waals surface area contributed by atoms with Gasteiger partial charge in [-0.1, -0.05) is 6.07 Å². The Morgan fingerprint density at radius 3 is 2.45 bits per heavy atom. The number of phenolic OH excluding ortho intramolecular Hbond substituents is 3. The Morgan fingerprint density at radius 1 is 1.05 bits per heavy atom. The third-order valence-corrected chi connectivity index (χ3v) is 3.54. The lowest BCUT2D eigenvalue weighted by Crippen LogP contribution is -2.15. The van der Waals surface area contributed by atoms with Crippen molar-refractivity contribution in [1.82, 2.24) is 0 Å². The number of aromatic hydroxyl groups is 3. The normalized spacial score (nSPS) is 16.2. The van der Waals surface area contributed by atoms with E-state index in [9.17, 15) is 24.9 Å². The summed E-state index contributed by atoms with van der Waals surface area (Å²) in [5.74, 6) is -2.10. The van der Waals surface area contributed by atoms with Gasteiger partial charge in [-0.05, 0) is 18.2 Å². The van der Waals surface area contributed by atoms with Gasteiger partial charge >= 0.3 is 5.97 Å². The highest BCUT2D eigenvalue weighted by molar-refractivity contribution is 6.02. The van der Waals surface area contributed by atoms with Gasteiger partial charge < -0.3 is 20.1 Å². The number of benzene rings is 2. The molecule has 0 saturated carbocycles. The van der Waals surface area contributed by atoms with Crippen molar-refractivity contribution in [3.8, 4) is 23.0 Å². The molecular weight excluding hydrogens is 288 g/mol. The Bertz CT molecular complexity index is 780. The summed E-state index contributed by atoms with van der Waals surface area (Å²) >= 11 is 0. The quantitative estimate of drug-likeness (QED) is 0.455. The van der Waals surface area contributed by atoms with Crippen molar-refractivity contribution in [2.24, 2.45) is 0 Å². The SMILES string of the molecule is O=C(CC1C(=O)Oc2cc(O)ccc21)c1ccc(O)cc1O. The van der Waals surface area contributed by atoms with Crippen molar-refractivity contribution in [3.63, 3.8) is 0 Å². The van der Waals surface area contributed by atoms with E-state index < -0.39 is 17.7 Å². The molecule has 2 aromatic carbocycles. The number of carbonyl (C=O) groups is 2. The standard InChI is InChI=1S/C16H12O6/c17-8-2-4-11(13(19)5-8)14(20)7-12-10-3-1-9(18)6-15(10)22-16(12)21/h1-6,12,17-19H,7H2. The molecule has 6 nitrogen and oxygen atoms in total. The van der Waals surface area contributed by atoms with Crippen molar-refractivity contribution in [2.75, 3.05) is 0 Å². The third-order valence-electron chi connectivity index (χ3n) is 3.54. The molecule has 112 valence electrons. The molecule has 6 heteroatoms. The Morgan fingerprint density at radius 2 is 1.73 bits per heavy atom. The summed E-state index contributed by atoms with van der Waals surface area (Å²) in [5.41, 5.74) is 0.548. The van der Waals surface area contributed by atoms with Crippen LogP contribution in [0.25, 0.3) is 0 Å². The number of hydrogen-bond donors (Lipinski definition) is 3. The smallest absolute Gasteiger partial charge is 0.319 e. The predicted octanol–water partition coefficient (Wildman–Crippen LogP) is 2.08. The van der Waals surface area contributed by atoms with Crippen molar-refractivity contribution in [1.29, 1.82) is 0 Å².